The Kier molecular flexibility index (Phi) is 4.38. The average molecular weight is 252 g/mol. The monoisotopic (exact) mass is 252 g/mol. The lowest BCUT2D eigenvalue weighted by atomic mass is 9.77. The Morgan fingerprint density at radius 1 is 1.17 bits per heavy atom. The van der Waals surface area contributed by atoms with Crippen LogP contribution in [-0.4, -0.2) is 24.7 Å². The minimum absolute atomic E-state index is 0.313. The fourth-order valence-electron chi connectivity index (χ4n) is 3.81. The molecule has 106 valence electrons. The molecular formula is C16H32N2. The van der Waals surface area contributed by atoms with Crippen molar-refractivity contribution in [3.8, 4) is 0 Å². The summed E-state index contributed by atoms with van der Waals surface area (Å²) in [7, 11) is 0. The second-order valence-corrected chi connectivity index (χ2v) is 7.85. The van der Waals surface area contributed by atoms with E-state index in [0.717, 1.165) is 12.5 Å². The Balaban J connectivity index is 1.79. The van der Waals surface area contributed by atoms with Crippen LogP contribution in [0.1, 0.15) is 66.2 Å². The maximum atomic E-state index is 3.85. The van der Waals surface area contributed by atoms with E-state index >= 15 is 0 Å². The fourth-order valence-corrected chi connectivity index (χ4v) is 3.81. The van der Waals surface area contributed by atoms with Gasteiger partial charge in [-0.25, -0.2) is 0 Å². The van der Waals surface area contributed by atoms with Crippen molar-refractivity contribution in [3.05, 3.63) is 0 Å². The highest BCUT2D eigenvalue weighted by Crippen LogP contribution is 2.39. The van der Waals surface area contributed by atoms with Crippen molar-refractivity contribution < 1.29 is 0 Å². The van der Waals surface area contributed by atoms with Crippen LogP contribution < -0.4 is 10.6 Å². The van der Waals surface area contributed by atoms with E-state index in [0.29, 0.717) is 17.0 Å². The third kappa shape index (κ3) is 3.71. The summed E-state index contributed by atoms with van der Waals surface area (Å²) in [6, 6.07) is 0.710. The van der Waals surface area contributed by atoms with Crippen LogP contribution in [0.5, 0.6) is 0 Å². The summed E-state index contributed by atoms with van der Waals surface area (Å²) < 4.78 is 0. The molecule has 1 aliphatic heterocycles. The molecule has 18 heavy (non-hydrogen) atoms. The maximum absolute atomic E-state index is 3.85. The van der Waals surface area contributed by atoms with Crippen LogP contribution in [0, 0.1) is 11.3 Å². The molecule has 2 rings (SSSR count). The van der Waals surface area contributed by atoms with Crippen LogP contribution in [0.2, 0.25) is 0 Å². The van der Waals surface area contributed by atoms with Gasteiger partial charge in [0.05, 0.1) is 0 Å². The zero-order valence-electron chi connectivity index (χ0n) is 12.8. The molecule has 0 amide bonds. The lowest BCUT2D eigenvalue weighted by Crippen LogP contribution is -2.53. The fraction of sp³-hybridized carbons (Fsp3) is 1.00. The molecule has 1 heterocycles. The molecule has 1 saturated carbocycles. The Morgan fingerprint density at radius 3 is 2.44 bits per heavy atom. The molecule has 2 heteroatoms. The summed E-state index contributed by atoms with van der Waals surface area (Å²) >= 11 is 0. The van der Waals surface area contributed by atoms with Crippen molar-refractivity contribution >= 4 is 0 Å². The lowest BCUT2D eigenvalue weighted by molar-refractivity contribution is 0.177. The van der Waals surface area contributed by atoms with Crippen LogP contribution in [0.4, 0.5) is 0 Å². The van der Waals surface area contributed by atoms with Crippen molar-refractivity contribution in [1.82, 2.24) is 10.6 Å². The molecule has 2 aliphatic rings. The van der Waals surface area contributed by atoms with E-state index in [1.165, 1.54) is 45.1 Å². The highest BCUT2D eigenvalue weighted by Gasteiger charge is 2.33. The van der Waals surface area contributed by atoms with E-state index in [9.17, 15) is 0 Å². The normalized spacial score (nSPS) is 29.7. The summed E-state index contributed by atoms with van der Waals surface area (Å²) in [4.78, 5) is 0. The van der Waals surface area contributed by atoms with E-state index in [-0.39, 0.29) is 0 Å². The quantitative estimate of drug-likeness (QED) is 0.802. The van der Waals surface area contributed by atoms with E-state index < -0.39 is 0 Å². The first kappa shape index (κ1) is 14.3. The van der Waals surface area contributed by atoms with Crippen molar-refractivity contribution in [3.63, 3.8) is 0 Å². The summed E-state index contributed by atoms with van der Waals surface area (Å²) in [5.74, 6) is 0.944. The molecule has 1 saturated heterocycles. The second-order valence-electron chi connectivity index (χ2n) is 7.85. The van der Waals surface area contributed by atoms with Crippen LogP contribution >= 0.6 is 0 Å². The molecule has 0 bridgehead atoms. The summed E-state index contributed by atoms with van der Waals surface area (Å²) in [5, 5.41) is 7.45. The van der Waals surface area contributed by atoms with Crippen LogP contribution in [-0.2, 0) is 0 Å². The highest BCUT2D eigenvalue weighted by molar-refractivity contribution is 4.91. The van der Waals surface area contributed by atoms with Gasteiger partial charge in [-0.05, 0) is 57.4 Å². The predicted octanol–water partition coefficient (Wildman–Crippen LogP) is 3.32. The Hall–Kier alpha value is -0.0800. The molecule has 1 aliphatic carbocycles. The molecule has 0 spiro atoms. The molecular weight excluding hydrogens is 220 g/mol. The summed E-state index contributed by atoms with van der Waals surface area (Å²) in [6.07, 6.45) is 8.35. The number of hydrogen-bond donors (Lipinski definition) is 2. The first-order chi connectivity index (χ1) is 8.39. The Labute approximate surface area is 113 Å². The zero-order chi connectivity index (χ0) is 13.2. The molecule has 2 fully saturated rings. The number of nitrogens with one attached hydrogen (secondary N) is 2. The molecule has 2 N–H and O–H groups in total. The van der Waals surface area contributed by atoms with Crippen molar-refractivity contribution in [2.24, 2.45) is 11.3 Å². The largest absolute Gasteiger partial charge is 0.313 e. The first-order valence-electron chi connectivity index (χ1n) is 7.87. The molecule has 0 aromatic rings. The van der Waals surface area contributed by atoms with Crippen molar-refractivity contribution in [2.45, 2.75) is 77.8 Å². The highest BCUT2D eigenvalue weighted by atomic mass is 15.0. The summed E-state index contributed by atoms with van der Waals surface area (Å²) in [6.45, 7) is 11.9. The minimum atomic E-state index is 0.313. The topological polar surface area (TPSA) is 24.1 Å². The Bertz CT molecular complexity index is 264. The zero-order valence-corrected chi connectivity index (χ0v) is 12.8. The second kappa shape index (κ2) is 5.50. The van der Waals surface area contributed by atoms with Gasteiger partial charge in [-0.2, -0.15) is 0 Å². The number of rotatable bonds is 4. The van der Waals surface area contributed by atoms with Gasteiger partial charge in [0.2, 0.25) is 0 Å². The van der Waals surface area contributed by atoms with Gasteiger partial charge in [-0.15, -0.1) is 0 Å². The van der Waals surface area contributed by atoms with Gasteiger partial charge >= 0.3 is 0 Å². The molecule has 1 unspecified atom stereocenters. The predicted molar refractivity (Wildman–Crippen MR) is 78.8 cm³/mol. The SMILES string of the molecule is CC1(C)CC(NCC(C)(C)C2CCCC2)CCN1. The van der Waals surface area contributed by atoms with Crippen LogP contribution in [0.3, 0.4) is 0 Å². The van der Waals surface area contributed by atoms with Crippen molar-refractivity contribution in [1.29, 1.82) is 0 Å². The summed E-state index contributed by atoms with van der Waals surface area (Å²) in [5.41, 5.74) is 0.791. The van der Waals surface area contributed by atoms with Gasteiger partial charge in [0.1, 0.15) is 0 Å². The van der Waals surface area contributed by atoms with E-state index in [2.05, 4.69) is 38.3 Å². The van der Waals surface area contributed by atoms with E-state index in [1.54, 1.807) is 0 Å². The molecule has 0 aromatic carbocycles. The third-order valence-electron chi connectivity index (χ3n) is 5.16. The van der Waals surface area contributed by atoms with Gasteiger partial charge in [-0.1, -0.05) is 26.7 Å². The van der Waals surface area contributed by atoms with Crippen LogP contribution in [0.15, 0.2) is 0 Å². The van der Waals surface area contributed by atoms with Crippen molar-refractivity contribution in [2.75, 3.05) is 13.1 Å². The molecule has 0 radical (unpaired) electrons. The standard InChI is InChI=1S/C16H32N2/c1-15(2,13-7-5-6-8-13)12-17-14-9-10-18-16(3,4)11-14/h13-14,17-18H,5-12H2,1-4H3. The molecule has 2 nitrogen and oxygen atoms in total. The Morgan fingerprint density at radius 2 is 1.83 bits per heavy atom. The molecule has 0 aromatic heterocycles. The molecule has 1 atom stereocenters. The van der Waals surface area contributed by atoms with Gasteiger partial charge in [0.25, 0.3) is 0 Å². The first-order valence-corrected chi connectivity index (χ1v) is 7.87. The maximum Gasteiger partial charge on any atom is 0.0139 e. The van der Waals surface area contributed by atoms with Gasteiger partial charge < -0.3 is 10.6 Å². The van der Waals surface area contributed by atoms with Gasteiger partial charge in [-0.3, -0.25) is 0 Å². The van der Waals surface area contributed by atoms with Crippen LogP contribution in [0.25, 0.3) is 0 Å². The van der Waals surface area contributed by atoms with Gasteiger partial charge in [0.15, 0.2) is 0 Å². The van der Waals surface area contributed by atoms with E-state index in [4.69, 9.17) is 0 Å². The van der Waals surface area contributed by atoms with E-state index in [1.807, 2.05) is 0 Å². The number of hydrogen-bond acceptors (Lipinski definition) is 2. The smallest absolute Gasteiger partial charge is 0.0139 e. The lowest BCUT2D eigenvalue weighted by Gasteiger charge is -2.39. The number of piperidine rings is 1. The minimum Gasteiger partial charge on any atom is -0.313 e. The average Bonchev–Trinajstić information content (AvgIpc) is 2.79. The van der Waals surface area contributed by atoms with Gasteiger partial charge in [0, 0.05) is 18.1 Å². The third-order valence-corrected chi connectivity index (χ3v) is 5.16.